The van der Waals surface area contributed by atoms with Crippen molar-refractivity contribution in [3.8, 4) is 0 Å². The first-order valence-electron chi connectivity index (χ1n) is 11.6. The number of hydrogen-bond donors (Lipinski definition) is 0. The van der Waals surface area contributed by atoms with Gasteiger partial charge in [0.1, 0.15) is 0 Å². The van der Waals surface area contributed by atoms with Crippen LogP contribution in [0.3, 0.4) is 0 Å². The Kier molecular flexibility index (Phi) is 3.25. The topological polar surface area (TPSA) is 27.7 Å². The fourth-order valence-electron chi connectivity index (χ4n) is 9.27. The molecule has 27 heavy (non-hydrogen) atoms. The molecule has 0 spiro atoms. The summed E-state index contributed by atoms with van der Waals surface area (Å²) in [4.78, 5) is 0. The van der Waals surface area contributed by atoms with Gasteiger partial charge < -0.3 is 14.2 Å². The summed E-state index contributed by atoms with van der Waals surface area (Å²) < 4.78 is 19.6. The summed E-state index contributed by atoms with van der Waals surface area (Å²) in [6.07, 6.45) is 8.27. The second kappa shape index (κ2) is 4.95. The monoisotopic (exact) mass is 374 g/mol. The van der Waals surface area contributed by atoms with Gasteiger partial charge in [0.05, 0.1) is 12.2 Å². The molecule has 4 bridgehead atoms. The van der Waals surface area contributed by atoms with E-state index in [0.29, 0.717) is 57.5 Å². The number of fused-ring (bicyclic) bond motifs is 10. The Bertz CT molecular complexity index is 615. The van der Waals surface area contributed by atoms with Crippen LogP contribution in [-0.4, -0.2) is 24.8 Å². The minimum atomic E-state index is -0.0432. The van der Waals surface area contributed by atoms with Gasteiger partial charge in [0, 0.05) is 12.8 Å². The molecule has 4 saturated carbocycles. The number of ether oxygens (including phenoxy) is 3. The molecule has 6 fully saturated rings. The fourth-order valence-corrected chi connectivity index (χ4v) is 9.27. The van der Waals surface area contributed by atoms with E-state index < -0.39 is 0 Å². The van der Waals surface area contributed by atoms with Crippen molar-refractivity contribution in [2.45, 2.75) is 105 Å². The molecule has 0 aromatic carbocycles. The average Bonchev–Trinajstić information content (AvgIpc) is 3.33. The number of rotatable bonds is 2. The van der Waals surface area contributed by atoms with Crippen LogP contribution in [0.4, 0.5) is 0 Å². The van der Waals surface area contributed by atoms with Gasteiger partial charge >= 0.3 is 0 Å². The zero-order valence-corrected chi connectivity index (χ0v) is 18.1. The molecule has 0 aromatic heterocycles. The smallest absolute Gasteiger partial charge is 0.161 e. The lowest BCUT2D eigenvalue weighted by atomic mass is 9.66. The Morgan fingerprint density at radius 2 is 1.04 bits per heavy atom. The van der Waals surface area contributed by atoms with Crippen molar-refractivity contribution in [2.75, 3.05) is 0 Å². The van der Waals surface area contributed by atoms with Crippen LogP contribution >= 0.6 is 0 Å². The van der Waals surface area contributed by atoms with Gasteiger partial charge in [-0.15, -0.1) is 0 Å². The van der Waals surface area contributed by atoms with Crippen molar-refractivity contribution in [2.24, 2.45) is 45.3 Å². The normalized spacial score (nSPS) is 61.6. The minimum Gasteiger partial charge on any atom is -0.349 e. The molecule has 2 heterocycles. The van der Waals surface area contributed by atoms with E-state index in [1.165, 1.54) is 25.7 Å². The van der Waals surface area contributed by atoms with E-state index in [1.807, 2.05) is 0 Å². The molecule has 0 radical (unpaired) electrons. The summed E-state index contributed by atoms with van der Waals surface area (Å²) >= 11 is 0. The molecular weight excluding hydrogens is 336 g/mol. The van der Waals surface area contributed by atoms with Gasteiger partial charge in [0.15, 0.2) is 12.6 Å². The lowest BCUT2D eigenvalue weighted by Crippen LogP contribution is -2.34. The first-order valence-corrected chi connectivity index (χ1v) is 11.6. The lowest BCUT2D eigenvalue weighted by molar-refractivity contribution is -0.242. The molecule has 0 amide bonds. The zero-order valence-electron chi connectivity index (χ0n) is 18.1. The van der Waals surface area contributed by atoms with Gasteiger partial charge in [-0.2, -0.15) is 0 Å². The quantitative estimate of drug-likeness (QED) is 0.650. The lowest BCUT2D eigenvalue weighted by Gasteiger charge is -2.39. The van der Waals surface area contributed by atoms with Crippen molar-refractivity contribution in [3.05, 3.63) is 0 Å². The Hall–Kier alpha value is -0.120. The predicted molar refractivity (Wildman–Crippen MR) is 104 cm³/mol. The summed E-state index contributed by atoms with van der Waals surface area (Å²) in [6, 6.07) is 0. The molecule has 6 rings (SSSR count). The van der Waals surface area contributed by atoms with Crippen LogP contribution < -0.4 is 0 Å². The highest BCUT2D eigenvalue weighted by molar-refractivity contribution is 5.17. The predicted octanol–water partition coefficient (Wildman–Crippen LogP) is 5.38. The molecule has 10 atom stereocenters. The molecule has 4 unspecified atom stereocenters. The van der Waals surface area contributed by atoms with Crippen LogP contribution in [0.2, 0.25) is 0 Å². The Labute approximate surface area is 164 Å². The molecule has 2 aliphatic heterocycles. The standard InChI is InChI=1S/C24H38O3/c1-21(2)13-7-9-23(21,5)15-11-17(26-19(13)15)25-18-12-16-20(27-18)14-8-10-24(16,6)22(14,3)4/h13-20H,7-12H2,1-6H3/t13?,14?,15-,16-,17+,18+,19-,20-,23?,24?/m0/s1. The second-order valence-electron chi connectivity index (χ2n) is 12.4. The third kappa shape index (κ3) is 1.83. The fraction of sp³-hybridized carbons (Fsp3) is 1.00. The van der Waals surface area contributed by atoms with E-state index in [1.54, 1.807) is 0 Å². The molecule has 4 aliphatic carbocycles. The average molecular weight is 375 g/mol. The Morgan fingerprint density at radius 1 is 0.630 bits per heavy atom. The van der Waals surface area contributed by atoms with E-state index in [2.05, 4.69) is 41.5 Å². The minimum absolute atomic E-state index is 0.0432. The van der Waals surface area contributed by atoms with Crippen molar-refractivity contribution in [1.29, 1.82) is 0 Å². The summed E-state index contributed by atoms with van der Waals surface area (Å²) in [7, 11) is 0. The second-order valence-corrected chi connectivity index (χ2v) is 12.4. The SMILES string of the molecule is CC1(C)C2CCC1(C)[C@H]1C[C@H](O[C@H]3C[C@H]4[C@@H](O3)C3CCC4(C)C3(C)C)O[C@@H]21. The van der Waals surface area contributed by atoms with Gasteiger partial charge in [0.2, 0.25) is 0 Å². The van der Waals surface area contributed by atoms with Crippen LogP contribution in [-0.2, 0) is 14.2 Å². The van der Waals surface area contributed by atoms with Gasteiger partial charge in [-0.3, -0.25) is 0 Å². The van der Waals surface area contributed by atoms with Crippen molar-refractivity contribution < 1.29 is 14.2 Å². The van der Waals surface area contributed by atoms with E-state index in [4.69, 9.17) is 14.2 Å². The van der Waals surface area contributed by atoms with Crippen LogP contribution in [0.5, 0.6) is 0 Å². The summed E-state index contributed by atoms with van der Waals surface area (Å²) in [6.45, 7) is 14.9. The summed E-state index contributed by atoms with van der Waals surface area (Å²) in [5.74, 6) is 2.76. The van der Waals surface area contributed by atoms with E-state index >= 15 is 0 Å². The Balaban J connectivity index is 1.15. The maximum Gasteiger partial charge on any atom is 0.161 e. The Morgan fingerprint density at radius 3 is 1.41 bits per heavy atom. The largest absolute Gasteiger partial charge is 0.349 e. The van der Waals surface area contributed by atoms with Crippen LogP contribution in [0.1, 0.15) is 80.1 Å². The first-order chi connectivity index (χ1) is 12.6. The van der Waals surface area contributed by atoms with Crippen LogP contribution in [0.25, 0.3) is 0 Å². The highest BCUT2D eigenvalue weighted by atomic mass is 16.8. The molecule has 152 valence electrons. The van der Waals surface area contributed by atoms with E-state index in [-0.39, 0.29) is 12.6 Å². The molecule has 3 heteroatoms. The van der Waals surface area contributed by atoms with Crippen molar-refractivity contribution >= 4 is 0 Å². The maximum absolute atomic E-state index is 6.54. The summed E-state index contributed by atoms with van der Waals surface area (Å²) in [5, 5.41) is 0. The molecule has 0 aromatic rings. The van der Waals surface area contributed by atoms with Crippen LogP contribution in [0.15, 0.2) is 0 Å². The number of hydrogen-bond acceptors (Lipinski definition) is 3. The van der Waals surface area contributed by atoms with E-state index in [0.717, 1.165) is 12.8 Å². The molecular formula is C24H38O3. The molecule has 2 saturated heterocycles. The van der Waals surface area contributed by atoms with E-state index in [9.17, 15) is 0 Å². The van der Waals surface area contributed by atoms with Gasteiger partial charge in [0.25, 0.3) is 0 Å². The maximum atomic E-state index is 6.54. The summed E-state index contributed by atoms with van der Waals surface area (Å²) in [5.41, 5.74) is 1.66. The highest BCUT2D eigenvalue weighted by Gasteiger charge is 2.71. The van der Waals surface area contributed by atoms with Gasteiger partial charge in [-0.25, -0.2) is 0 Å². The van der Waals surface area contributed by atoms with Gasteiger partial charge in [-0.05, 0) is 71.0 Å². The first kappa shape index (κ1) is 17.7. The van der Waals surface area contributed by atoms with Crippen molar-refractivity contribution in [1.82, 2.24) is 0 Å². The molecule has 3 nitrogen and oxygen atoms in total. The third-order valence-electron chi connectivity index (χ3n) is 11.8. The zero-order chi connectivity index (χ0) is 19.0. The third-order valence-corrected chi connectivity index (χ3v) is 11.8. The highest BCUT2D eigenvalue weighted by Crippen LogP contribution is 2.73. The van der Waals surface area contributed by atoms with Crippen LogP contribution in [0, 0.1) is 45.3 Å². The molecule has 6 aliphatic rings. The molecule has 0 N–H and O–H groups in total. The van der Waals surface area contributed by atoms with Crippen molar-refractivity contribution in [3.63, 3.8) is 0 Å². The van der Waals surface area contributed by atoms with Gasteiger partial charge in [-0.1, -0.05) is 41.5 Å².